The molecule has 7 nitrogen and oxygen atoms in total. The van der Waals surface area contributed by atoms with Crippen LogP contribution in [0.1, 0.15) is 42.7 Å². The number of aromatic nitrogens is 1. The van der Waals surface area contributed by atoms with Crippen LogP contribution >= 0.6 is 11.3 Å². The molecule has 5 heterocycles. The number of thiophene rings is 1. The first kappa shape index (κ1) is 24.8. The number of anilines is 2. The van der Waals surface area contributed by atoms with E-state index in [1.54, 1.807) is 6.07 Å². The Morgan fingerprint density at radius 1 is 1.34 bits per heavy atom. The number of halogens is 1. The Bertz CT molecular complexity index is 1560. The molecule has 0 radical (unpaired) electrons. The van der Waals surface area contributed by atoms with Crippen molar-refractivity contribution in [3.05, 3.63) is 53.0 Å². The monoisotopic (exact) mass is 531 g/mol. The van der Waals surface area contributed by atoms with Crippen LogP contribution < -0.4 is 10.6 Å². The number of carbonyl (C=O) groups is 1. The molecule has 6 rings (SSSR count). The molecule has 196 valence electrons. The zero-order valence-corrected chi connectivity index (χ0v) is 22.7. The second-order valence-electron chi connectivity index (χ2n) is 11.4. The highest BCUT2D eigenvalue weighted by atomic mass is 32.1. The summed E-state index contributed by atoms with van der Waals surface area (Å²) in [5.41, 5.74) is 10.8. The van der Waals surface area contributed by atoms with E-state index in [0.717, 1.165) is 77.7 Å². The summed E-state index contributed by atoms with van der Waals surface area (Å²) in [6, 6.07) is 5.42. The van der Waals surface area contributed by atoms with Crippen LogP contribution in [0.2, 0.25) is 0 Å². The van der Waals surface area contributed by atoms with Crippen molar-refractivity contribution in [1.82, 2.24) is 9.88 Å². The van der Waals surface area contributed by atoms with Gasteiger partial charge in [0.1, 0.15) is 22.7 Å². The maximum absolute atomic E-state index is 14.9. The van der Waals surface area contributed by atoms with Gasteiger partial charge in [0.05, 0.1) is 28.2 Å². The number of nitrogens with zero attached hydrogens (tertiary/aromatic N) is 4. The SMILES string of the molecule is C=CC(=O)N1CC2(CCN(c3nc4c(c(-c5ccc(F)c6sc(N)c(C#N)c56)c3C)COC(C)(C)C4)C2)C1. The van der Waals surface area contributed by atoms with Crippen molar-refractivity contribution in [2.45, 2.75) is 45.8 Å². The number of carbonyl (C=O) groups excluding carboxylic acids is 1. The Morgan fingerprint density at radius 2 is 2.11 bits per heavy atom. The minimum atomic E-state index is -0.384. The summed E-state index contributed by atoms with van der Waals surface area (Å²) < 4.78 is 21.5. The van der Waals surface area contributed by atoms with Crippen LogP contribution in [0, 0.1) is 29.5 Å². The molecule has 0 atom stereocenters. The summed E-state index contributed by atoms with van der Waals surface area (Å²) in [5.74, 6) is 0.497. The van der Waals surface area contributed by atoms with E-state index < -0.39 is 0 Å². The van der Waals surface area contributed by atoms with Crippen molar-refractivity contribution < 1.29 is 13.9 Å². The van der Waals surface area contributed by atoms with Crippen molar-refractivity contribution in [1.29, 1.82) is 5.26 Å². The molecular weight excluding hydrogens is 501 g/mol. The number of nitrogen functional groups attached to an aromatic ring is 1. The fraction of sp³-hybridized carbons (Fsp3) is 0.414. The lowest BCUT2D eigenvalue weighted by Crippen LogP contribution is -2.59. The number of hydrogen-bond donors (Lipinski definition) is 1. The molecule has 0 aliphatic carbocycles. The van der Waals surface area contributed by atoms with Gasteiger partial charge < -0.3 is 20.3 Å². The number of rotatable bonds is 3. The van der Waals surface area contributed by atoms with Crippen LogP contribution in [0.5, 0.6) is 0 Å². The molecule has 1 spiro atoms. The van der Waals surface area contributed by atoms with Crippen molar-refractivity contribution >= 4 is 38.1 Å². The van der Waals surface area contributed by atoms with Crippen molar-refractivity contribution in [3.8, 4) is 17.2 Å². The number of pyridine rings is 1. The third-order valence-electron chi connectivity index (χ3n) is 8.28. The number of ether oxygens (including phenoxy) is 1. The molecule has 2 saturated heterocycles. The minimum absolute atomic E-state index is 0.0228. The second kappa shape index (κ2) is 8.52. The van der Waals surface area contributed by atoms with E-state index in [1.165, 1.54) is 12.1 Å². The molecule has 1 amide bonds. The minimum Gasteiger partial charge on any atom is -0.389 e. The topological polar surface area (TPSA) is 95.5 Å². The number of benzene rings is 1. The third-order valence-corrected chi connectivity index (χ3v) is 9.30. The van der Waals surface area contributed by atoms with E-state index in [-0.39, 0.29) is 22.7 Å². The van der Waals surface area contributed by atoms with Gasteiger partial charge in [-0.2, -0.15) is 5.26 Å². The number of likely N-dealkylation sites (tertiary alicyclic amines) is 1. The molecule has 0 saturated carbocycles. The average Bonchev–Trinajstić information content (AvgIpc) is 3.45. The Morgan fingerprint density at radius 3 is 2.82 bits per heavy atom. The quantitative estimate of drug-likeness (QED) is 0.481. The van der Waals surface area contributed by atoms with Gasteiger partial charge in [0.25, 0.3) is 0 Å². The first-order chi connectivity index (χ1) is 18.1. The highest BCUT2D eigenvalue weighted by molar-refractivity contribution is 7.23. The molecule has 2 fully saturated rings. The van der Waals surface area contributed by atoms with E-state index in [9.17, 15) is 14.4 Å². The number of amides is 1. The van der Waals surface area contributed by atoms with Crippen LogP contribution in [-0.4, -0.2) is 47.6 Å². The zero-order chi connectivity index (χ0) is 27.0. The molecule has 0 unspecified atom stereocenters. The standard InChI is InChI=1S/C29H30FN5O2S/c1-5-22(36)35-14-29(15-35)8-9-34(13-29)27-16(2)23(19-12-37-28(3,4)10-21(19)33-27)17-6-7-20(30)25-24(17)18(11-31)26(32)38-25/h5-7H,1,8-10,12-15,32H2,2-4H3. The summed E-state index contributed by atoms with van der Waals surface area (Å²) in [6.07, 6.45) is 3.00. The highest BCUT2D eigenvalue weighted by Gasteiger charge is 2.49. The van der Waals surface area contributed by atoms with Crippen LogP contribution in [0.3, 0.4) is 0 Å². The van der Waals surface area contributed by atoms with Crippen molar-refractivity contribution in [3.63, 3.8) is 0 Å². The summed E-state index contributed by atoms with van der Waals surface area (Å²) in [6.45, 7) is 13.3. The number of hydrogen-bond acceptors (Lipinski definition) is 7. The van der Waals surface area contributed by atoms with Crippen molar-refractivity contribution in [2.24, 2.45) is 5.41 Å². The van der Waals surface area contributed by atoms with Gasteiger partial charge in [-0.15, -0.1) is 11.3 Å². The van der Waals surface area contributed by atoms with Crippen LogP contribution in [-0.2, 0) is 22.6 Å². The molecular formula is C29H30FN5O2S. The number of fused-ring (bicyclic) bond motifs is 2. The molecule has 1 aromatic carbocycles. The molecule has 3 aliphatic rings. The molecule has 9 heteroatoms. The van der Waals surface area contributed by atoms with E-state index in [4.69, 9.17) is 15.5 Å². The lowest BCUT2D eigenvalue weighted by molar-refractivity contribution is -0.136. The summed E-state index contributed by atoms with van der Waals surface area (Å²) in [7, 11) is 0. The summed E-state index contributed by atoms with van der Waals surface area (Å²) >= 11 is 1.11. The van der Waals surface area contributed by atoms with Gasteiger partial charge in [0.15, 0.2) is 0 Å². The van der Waals surface area contributed by atoms with Crippen LogP contribution in [0.25, 0.3) is 21.2 Å². The lowest BCUT2D eigenvalue weighted by Gasteiger charge is -2.47. The summed E-state index contributed by atoms with van der Waals surface area (Å²) in [5, 5.41) is 10.8. The van der Waals surface area contributed by atoms with Gasteiger partial charge in [0, 0.05) is 49.0 Å². The van der Waals surface area contributed by atoms with Crippen molar-refractivity contribution in [2.75, 3.05) is 36.8 Å². The van der Waals surface area contributed by atoms with E-state index in [2.05, 4.69) is 31.4 Å². The Labute approximate surface area is 225 Å². The molecule has 2 aromatic heterocycles. The van der Waals surface area contributed by atoms with Gasteiger partial charge in [-0.1, -0.05) is 12.6 Å². The van der Waals surface area contributed by atoms with Gasteiger partial charge in [0.2, 0.25) is 5.91 Å². The first-order valence-electron chi connectivity index (χ1n) is 12.8. The number of nitriles is 1. The van der Waals surface area contributed by atoms with Gasteiger partial charge >= 0.3 is 0 Å². The summed E-state index contributed by atoms with van der Waals surface area (Å²) in [4.78, 5) is 21.4. The maximum Gasteiger partial charge on any atom is 0.245 e. The Kier molecular flexibility index (Phi) is 5.57. The predicted molar refractivity (Wildman–Crippen MR) is 147 cm³/mol. The predicted octanol–water partition coefficient (Wildman–Crippen LogP) is 4.94. The molecule has 38 heavy (non-hydrogen) atoms. The molecule has 3 aliphatic heterocycles. The molecule has 0 bridgehead atoms. The van der Waals surface area contributed by atoms with Crippen LogP contribution in [0.4, 0.5) is 15.2 Å². The van der Waals surface area contributed by atoms with E-state index in [1.807, 2.05) is 11.8 Å². The largest absolute Gasteiger partial charge is 0.389 e. The lowest BCUT2D eigenvalue weighted by atomic mass is 9.79. The second-order valence-corrected chi connectivity index (χ2v) is 12.5. The van der Waals surface area contributed by atoms with E-state index >= 15 is 0 Å². The Hall–Kier alpha value is -3.48. The van der Waals surface area contributed by atoms with E-state index in [0.29, 0.717) is 33.7 Å². The fourth-order valence-corrected chi connectivity index (χ4v) is 7.34. The zero-order valence-electron chi connectivity index (χ0n) is 21.9. The average molecular weight is 532 g/mol. The van der Waals surface area contributed by atoms with Gasteiger partial charge in [-0.05, 0) is 56.0 Å². The maximum atomic E-state index is 14.9. The Balaban J connectivity index is 1.50. The van der Waals surface area contributed by atoms with Crippen LogP contribution in [0.15, 0.2) is 24.8 Å². The normalized spacial score (nSPS) is 19.3. The smallest absolute Gasteiger partial charge is 0.245 e. The molecule has 2 N–H and O–H groups in total. The third kappa shape index (κ3) is 3.69. The molecule has 3 aromatic rings. The highest BCUT2D eigenvalue weighted by Crippen LogP contribution is 2.48. The number of nitrogens with two attached hydrogens (primary N) is 1. The van der Waals surface area contributed by atoms with Gasteiger partial charge in [-0.3, -0.25) is 4.79 Å². The first-order valence-corrected chi connectivity index (χ1v) is 13.6. The van der Waals surface area contributed by atoms with Gasteiger partial charge in [-0.25, -0.2) is 9.37 Å². The fourth-order valence-electron chi connectivity index (χ4n) is 6.39.